The highest BCUT2D eigenvalue weighted by Gasteiger charge is 2.34. The highest BCUT2D eigenvalue weighted by molar-refractivity contribution is 7.69. The molecule has 1 aliphatic rings. The molecule has 0 saturated carbocycles. The van der Waals surface area contributed by atoms with E-state index in [1.165, 1.54) is 0 Å². The van der Waals surface area contributed by atoms with Gasteiger partial charge < -0.3 is 9.30 Å². The van der Waals surface area contributed by atoms with Crippen molar-refractivity contribution >= 4 is 30.1 Å². The average Bonchev–Trinajstić information content (AvgIpc) is 2.66. The lowest BCUT2D eigenvalue weighted by molar-refractivity contribution is -0.129. The van der Waals surface area contributed by atoms with Crippen LogP contribution in [-0.4, -0.2) is 35.0 Å². The maximum Gasteiger partial charge on any atom is 0.257 e. The van der Waals surface area contributed by atoms with Gasteiger partial charge in [-0.05, 0) is 48.5 Å². The molecule has 136 valence electrons. The number of nitrogens with one attached hydrogen (secondary N) is 1. The summed E-state index contributed by atoms with van der Waals surface area (Å²) in [6.07, 6.45) is 4.05. The number of allylic oxidation sites excluding steroid dienone is 1. The first-order valence-electron chi connectivity index (χ1n) is 7.98. The number of nitrogens with zero attached hydrogens (tertiary/aromatic N) is 1. The van der Waals surface area contributed by atoms with E-state index in [0.717, 1.165) is 0 Å². The van der Waals surface area contributed by atoms with Gasteiger partial charge in [0.2, 0.25) is 0 Å². The minimum absolute atomic E-state index is 0.138. The fourth-order valence-corrected chi connectivity index (χ4v) is 5.35. The molecule has 2 aromatic rings. The van der Waals surface area contributed by atoms with Crippen LogP contribution in [0, 0.1) is 0 Å². The van der Waals surface area contributed by atoms with Crippen LogP contribution in [0.3, 0.4) is 0 Å². The number of hydrogen-bond acceptors (Lipinski definition) is 4. The number of halogens is 1. The van der Waals surface area contributed by atoms with Gasteiger partial charge in [-0.2, -0.15) is 0 Å². The molecule has 0 radical (unpaired) electrons. The number of carbonyl (C=O) groups excluding carboxylic acids is 1. The first-order valence-corrected chi connectivity index (χ1v) is 10.2. The van der Waals surface area contributed by atoms with Gasteiger partial charge >= 0.3 is 0 Å². The summed E-state index contributed by atoms with van der Waals surface area (Å²) in [7, 11) is -2.95. The summed E-state index contributed by atoms with van der Waals surface area (Å²) >= 11 is 5.86. The summed E-state index contributed by atoms with van der Waals surface area (Å²) in [4.78, 5) is 11.5. The highest BCUT2D eigenvalue weighted by Crippen LogP contribution is 2.50. The van der Waals surface area contributed by atoms with Gasteiger partial charge in [0, 0.05) is 23.0 Å². The van der Waals surface area contributed by atoms with Gasteiger partial charge in [0.25, 0.3) is 5.91 Å². The molecule has 0 bridgehead atoms. The Labute approximate surface area is 156 Å². The number of ether oxygens (including phenoxy) is 1. The van der Waals surface area contributed by atoms with E-state index in [0.29, 0.717) is 34.5 Å². The summed E-state index contributed by atoms with van der Waals surface area (Å²) < 4.78 is 20.8. The number of carbonyl (C=O) groups is 1. The van der Waals surface area contributed by atoms with Crippen LogP contribution >= 0.6 is 18.9 Å². The Bertz CT molecular complexity index is 852. The molecule has 8 heteroatoms. The van der Waals surface area contributed by atoms with E-state index in [9.17, 15) is 9.36 Å². The average molecular weight is 393 g/mol. The van der Waals surface area contributed by atoms with E-state index in [4.69, 9.17) is 21.5 Å². The molecule has 0 aliphatic carbocycles. The van der Waals surface area contributed by atoms with Gasteiger partial charge in [0.05, 0.1) is 6.54 Å². The van der Waals surface area contributed by atoms with Gasteiger partial charge in [-0.1, -0.05) is 23.8 Å². The van der Waals surface area contributed by atoms with Crippen molar-refractivity contribution in [1.29, 1.82) is 0 Å². The van der Waals surface area contributed by atoms with Gasteiger partial charge in [-0.15, -0.1) is 0 Å². The van der Waals surface area contributed by atoms with E-state index in [1.807, 2.05) is 12.2 Å². The zero-order valence-electron chi connectivity index (χ0n) is 13.8. The Morgan fingerprint density at radius 2 is 1.73 bits per heavy atom. The quantitative estimate of drug-likeness (QED) is 0.353. The molecule has 2 aromatic carbocycles. The third-order valence-corrected chi connectivity index (χ3v) is 7.31. The van der Waals surface area contributed by atoms with Crippen LogP contribution in [-0.2, 0) is 9.36 Å². The van der Waals surface area contributed by atoms with Crippen molar-refractivity contribution in [3.05, 3.63) is 65.7 Å². The topological polar surface area (TPSA) is 78.9 Å². The number of hydrogen-bond donors (Lipinski definition) is 2. The predicted octanol–water partition coefficient (Wildman–Crippen LogP) is 3.41. The van der Waals surface area contributed by atoms with E-state index >= 15 is 0 Å². The lowest BCUT2D eigenvalue weighted by atomic mass is 10.3. The van der Waals surface area contributed by atoms with Crippen molar-refractivity contribution in [3.8, 4) is 11.5 Å². The Balaban J connectivity index is 1.79. The Morgan fingerprint density at radius 3 is 2.35 bits per heavy atom. The van der Waals surface area contributed by atoms with Crippen molar-refractivity contribution in [2.45, 2.75) is 0 Å². The van der Waals surface area contributed by atoms with Crippen LogP contribution in [0.5, 0.6) is 11.5 Å². The van der Waals surface area contributed by atoms with E-state index in [-0.39, 0.29) is 6.54 Å². The smallest absolute Gasteiger partial charge is 0.257 e. The third kappa shape index (κ3) is 4.17. The molecule has 1 unspecified atom stereocenters. The Morgan fingerprint density at radius 1 is 1.12 bits per heavy atom. The number of hydroxylamine groups is 1. The van der Waals surface area contributed by atoms with Gasteiger partial charge in [-0.3, -0.25) is 10.0 Å². The first-order chi connectivity index (χ1) is 12.5. The largest absolute Gasteiger partial charge is 0.457 e. The van der Waals surface area contributed by atoms with Crippen molar-refractivity contribution in [2.24, 2.45) is 0 Å². The summed E-state index contributed by atoms with van der Waals surface area (Å²) in [5.41, 5.74) is 1.59. The SMILES string of the molecule is O=C(CN1CC=CCP1(=O)c1ccc(Oc2ccc(Cl)cc2)cc1)NO. The normalized spacial score (nSPS) is 19.9. The van der Waals surface area contributed by atoms with Crippen LogP contribution in [0.1, 0.15) is 0 Å². The zero-order chi connectivity index (χ0) is 18.6. The minimum atomic E-state index is -2.95. The Hall–Kier alpha value is -2.11. The molecular formula is C18H18ClN2O4P. The number of amides is 1. The molecule has 1 aliphatic heterocycles. The molecule has 26 heavy (non-hydrogen) atoms. The fraction of sp³-hybridized carbons (Fsp3) is 0.167. The second-order valence-corrected chi connectivity index (χ2v) is 9.07. The maximum atomic E-state index is 13.5. The lowest BCUT2D eigenvalue weighted by Crippen LogP contribution is -2.38. The molecule has 1 heterocycles. The predicted molar refractivity (Wildman–Crippen MR) is 101 cm³/mol. The fourth-order valence-electron chi connectivity index (χ4n) is 2.70. The first kappa shape index (κ1) is 18.7. The molecule has 0 fully saturated rings. The molecule has 2 N–H and O–H groups in total. The Kier molecular flexibility index (Phi) is 5.79. The van der Waals surface area contributed by atoms with Crippen LogP contribution in [0.4, 0.5) is 0 Å². The van der Waals surface area contributed by atoms with Crippen LogP contribution in [0.25, 0.3) is 0 Å². The molecule has 1 amide bonds. The van der Waals surface area contributed by atoms with E-state index < -0.39 is 13.2 Å². The molecule has 0 saturated heterocycles. The van der Waals surface area contributed by atoms with Crippen LogP contribution in [0.2, 0.25) is 5.02 Å². The minimum Gasteiger partial charge on any atom is -0.457 e. The maximum absolute atomic E-state index is 13.5. The van der Waals surface area contributed by atoms with Crippen LogP contribution < -0.4 is 15.5 Å². The molecule has 0 spiro atoms. The summed E-state index contributed by atoms with van der Waals surface area (Å²) in [5.74, 6) is 0.661. The molecule has 1 atom stereocenters. The van der Waals surface area contributed by atoms with Gasteiger partial charge in [-0.25, -0.2) is 10.2 Å². The lowest BCUT2D eigenvalue weighted by Gasteiger charge is -2.32. The molecule has 3 rings (SSSR count). The molecule has 6 nitrogen and oxygen atoms in total. The zero-order valence-corrected chi connectivity index (χ0v) is 15.5. The summed E-state index contributed by atoms with van der Waals surface area (Å²) in [6.45, 7) is 0.245. The number of rotatable bonds is 5. The second kappa shape index (κ2) is 8.06. The van der Waals surface area contributed by atoms with Crippen molar-refractivity contribution in [1.82, 2.24) is 10.2 Å². The van der Waals surface area contributed by atoms with Gasteiger partial charge in [0.1, 0.15) is 11.5 Å². The highest BCUT2D eigenvalue weighted by atomic mass is 35.5. The number of benzene rings is 2. The molecular weight excluding hydrogens is 375 g/mol. The molecule has 0 aromatic heterocycles. The van der Waals surface area contributed by atoms with Crippen molar-refractivity contribution in [3.63, 3.8) is 0 Å². The van der Waals surface area contributed by atoms with Gasteiger partial charge in [0.15, 0.2) is 7.29 Å². The van der Waals surface area contributed by atoms with E-state index in [2.05, 4.69) is 0 Å². The van der Waals surface area contributed by atoms with Crippen LogP contribution in [0.15, 0.2) is 60.7 Å². The summed E-state index contributed by atoms with van der Waals surface area (Å²) in [6, 6.07) is 14.0. The standard InChI is InChI=1S/C18H18ClN2O4P/c19-14-3-5-15(6-4-14)25-16-7-9-17(10-8-16)26(24)12-2-1-11-21(26)13-18(22)20-23/h1-10,23H,11-13H2,(H,20,22). The monoisotopic (exact) mass is 392 g/mol. The summed E-state index contributed by atoms with van der Waals surface area (Å²) in [5, 5.41) is 10.0. The van der Waals surface area contributed by atoms with Crippen molar-refractivity contribution in [2.75, 3.05) is 19.3 Å². The third-order valence-electron chi connectivity index (χ3n) is 4.03. The van der Waals surface area contributed by atoms with E-state index in [1.54, 1.807) is 58.7 Å². The van der Waals surface area contributed by atoms with Crippen molar-refractivity contribution < 1.29 is 19.3 Å². The second-order valence-electron chi connectivity index (χ2n) is 5.79.